The van der Waals surface area contributed by atoms with Gasteiger partial charge in [-0.25, -0.2) is 4.79 Å². The molecule has 0 aromatic heterocycles. The highest BCUT2D eigenvalue weighted by Crippen LogP contribution is 2.42. The fourth-order valence-corrected chi connectivity index (χ4v) is 3.71. The highest BCUT2D eigenvalue weighted by Gasteiger charge is 2.54. The number of likely N-dealkylation sites (tertiary alicyclic amines) is 3. The standard InChI is InChI=1S/C14H23N3O3/c1-11(18)20-13(19)17-9-14(10-17)7-16(8-14)12-3-5-15(2)6-4-12/h12H,3-10H2,1-2H3. The number of piperidine rings is 1. The van der Waals surface area contributed by atoms with E-state index < -0.39 is 12.1 Å². The Kier molecular flexibility index (Phi) is 3.46. The summed E-state index contributed by atoms with van der Waals surface area (Å²) in [6.45, 7) is 7.29. The molecule has 3 heterocycles. The Morgan fingerprint density at radius 1 is 1.10 bits per heavy atom. The summed E-state index contributed by atoms with van der Waals surface area (Å²) in [6.07, 6.45) is 2.02. The molecule has 0 N–H and O–H groups in total. The molecule has 0 aromatic rings. The topological polar surface area (TPSA) is 53.1 Å². The number of carbonyl (C=O) groups is 2. The smallest absolute Gasteiger partial charge is 0.376 e. The van der Waals surface area contributed by atoms with E-state index in [1.807, 2.05) is 0 Å². The fourth-order valence-electron chi connectivity index (χ4n) is 3.71. The predicted molar refractivity (Wildman–Crippen MR) is 73.3 cm³/mol. The van der Waals surface area contributed by atoms with Crippen LogP contribution in [0, 0.1) is 5.41 Å². The van der Waals surface area contributed by atoms with Crippen LogP contribution < -0.4 is 0 Å². The molecule has 6 nitrogen and oxygen atoms in total. The van der Waals surface area contributed by atoms with Gasteiger partial charge in [0.25, 0.3) is 0 Å². The van der Waals surface area contributed by atoms with Crippen LogP contribution in [0.15, 0.2) is 0 Å². The van der Waals surface area contributed by atoms with Crippen LogP contribution in [0.4, 0.5) is 4.79 Å². The van der Waals surface area contributed by atoms with Crippen molar-refractivity contribution in [1.82, 2.24) is 14.7 Å². The Bertz CT molecular complexity index is 404. The van der Waals surface area contributed by atoms with Crippen LogP contribution in [0.1, 0.15) is 19.8 Å². The SMILES string of the molecule is CC(=O)OC(=O)N1CC2(C1)CN(C1CCN(C)CC1)C2. The summed E-state index contributed by atoms with van der Waals surface area (Å²) in [5, 5.41) is 0. The maximum Gasteiger partial charge on any atom is 0.417 e. The molecule has 1 spiro atoms. The molecular weight excluding hydrogens is 258 g/mol. The average molecular weight is 281 g/mol. The van der Waals surface area contributed by atoms with Crippen molar-refractivity contribution in [3.05, 3.63) is 0 Å². The van der Waals surface area contributed by atoms with Crippen LogP contribution >= 0.6 is 0 Å². The Balaban J connectivity index is 1.41. The maximum absolute atomic E-state index is 11.5. The van der Waals surface area contributed by atoms with Crippen LogP contribution in [0.5, 0.6) is 0 Å². The molecule has 0 aliphatic carbocycles. The van der Waals surface area contributed by atoms with E-state index in [-0.39, 0.29) is 5.41 Å². The largest absolute Gasteiger partial charge is 0.417 e. The van der Waals surface area contributed by atoms with Gasteiger partial charge in [-0.3, -0.25) is 9.69 Å². The number of hydrogen-bond donors (Lipinski definition) is 0. The van der Waals surface area contributed by atoms with Crippen molar-refractivity contribution in [3.63, 3.8) is 0 Å². The van der Waals surface area contributed by atoms with Crippen LogP contribution in [0.2, 0.25) is 0 Å². The molecular formula is C14H23N3O3. The lowest BCUT2D eigenvalue weighted by Crippen LogP contribution is -2.74. The predicted octanol–water partition coefficient (Wildman–Crippen LogP) is 0.381. The summed E-state index contributed by atoms with van der Waals surface area (Å²) in [5.74, 6) is -0.530. The van der Waals surface area contributed by atoms with Gasteiger partial charge in [0.2, 0.25) is 0 Å². The van der Waals surface area contributed by atoms with E-state index in [9.17, 15) is 9.59 Å². The molecule has 6 heteroatoms. The molecule has 0 aromatic carbocycles. The van der Waals surface area contributed by atoms with Gasteiger partial charge in [0, 0.05) is 44.6 Å². The van der Waals surface area contributed by atoms with Crippen molar-refractivity contribution >= 4 is 12.1 Å². The van der Waals surface area contributed by atoms with E-state index in [0.29, 0.717) is 0 Å². The number of carbonyl (C=O) groups excluding carboxylic acids is 2. The van der Waals surface area contributed by atoms with Gasteiger partial charge >= 0.3 is 12.1 Å². The van der Waals surface area contributed by atoms with Crippen LogP contribution in [-0.2, 0) is 9.53 Å². The van der Waals surface area contributed by atoms with Gasteiger partial charge in [-0.1, -0.05) is 0 Å². The fraction of sp³-hybridized carbons (Fsp3) is 0.857. The van der Waals surface area contributed by atoms with E-state index in [2.05, 4.69) is 21.6 Å². The summed E-state index contributed by atoms with van der Waals surface area (Å²) in [5.41, 5.74) is 0.277. The summed E-state index contributed by atoms with van der Waals surface area (Å²) < 4.78 is 4.60. The van der Waals surface area contributed by atoms with Crippen molar-refractivity contribution in [3.8, 4) is 0 Å². The first kappa shape index (κ1) is 13.8. The first-order valence-corrected chi connectivity index (χ1v) is 7.37. The number of rotatable bonds is 1. The minimum absolute atomic E-state index is 0.277. The molecule has 3 saturated heterocycles. The lowest BCUT2D eigenvalue weighted by atomic mass is 9.72. The van der Waals surface area contributed by atoms with Crippen LogP contribution in [-0.4, -0.2) is 79.1 Å². The van der Waals surface area contributed by atoms with E-state index in [1.54, 1.807) is 4.90 Å². The molecule has 3 fully saturated rings. The zero-order valence-electron chi connectivity index (χ0n) is 12.3. The van der Waals surface area contributed by atoms with Gasteiger partial charge in [0.1, 0.15) is 0 Å². The zero-order chi connectivity index (χ0) is 14.3. The van der Waals surface area contributed by atoms with Gasteiger partial charge in [-0.05, 0) is 33.0 Å². The Hall–Kier alpha value is -1.14. The zero-order valence-corrected chi connectivity index (χ0v) is 12.3. The normalized spacial score (nSPS) is 27.0. The Morgan fingerprint density at radius 3 is 2.25 bits per heavy atom. The lowest BCUT2D eigenvalue weighted by Gasteiger charge is -2.62. The average Bonchev–Trinajstić information content (AvgIpc) is 2.26. The number of amides is 1. The molecule has 3 aliphatic rings. The van der Waals surface area contributed by atoms with Gasteiger partial charge in [0.15, 0.2) is 0 Å². The molecule has 0 radical (unpaired) electrons. The second-order valence-electron chi connectivity index (χ2n) is 6.66. The van der Waals surface area contributed by atoms with Gasteiger partial charge in [-0.15, -0.1) is 0 Å². The van der Waals surface area contributed by atoms with E-state index in [1.165, 1.54) is 32.9 Å². The summed E-state index contributed by atoms with van der Waals surface area (Å²) >= 11 is 0. The minimum atomic E-state index is -0.530. The monoisotopic (exact) mass is 281 g/mol. The first-order chi connectivity index (χ1) is 9.47. The van der Waals surface area contributed by atoms with E-state index in [0.717, 1.165) is 32.2 Å². The van der Waals surface area contributed by atoms with Gasteiger partial charge in [-0.2, -0.15) is 0 Å². The molecule has 1 amide bonds. The Morgan fingerprint density at radius 2 is 1.70 bits per heavy atom. The molecule has 0 saturated carbocycles. The van der Waals surface area contributed by atoms with Gasteiger partial charge < -0.3 is 14.5 Å². The highest BCUT2D eigenvalue weighted by atomic mass is 16.6. The Labute approximate surface area is 119 Å². The molecule has 0 unspecified atom stereocenters. The van der Waals surface area contributed by atoms with Gasteiger partial charge in [0.05, 0.1) is 0 Å². The first-order valence-electron chi connectivity index (χ1n) is 7.37. The minimum Gasteiger partial charge on any atom is -0.376 e. The van der Waals surface area contributed by atoms with Crippen LogP contribution in [0.25, 0.3) is 0 Å². The summed E-state index contributed by atoms with van der Waals surface area (Å²) in [4.78, 5) is 28.9. The van der Waals surface area contributed by atoms with Crippen molar-refractivity contribution in [2.75, 3.05) is 46.3 Å². The number of nitrogens with zero attached hydrogens (tertiary/aromatic N) is 3. The highest BCUT2D eigenvalue weighted by molar-refractivity contribution is 5.83. The van der Waals surface area contributed by atoms with Crippen molar-refractivity contribution in [2.24, 2.45) is 5.41 Å². The number of hydrogen-bond acceptors (Lipinski definition) is 5. The van der Waals surface area contributed by atoms with E-state index >= 15 is 0 Å². The molecule has 112 valence electrons. The van der Waals surface area contributed by atoms with Crippen molar-refractivity contribution in [1.29, 1.82) is 0 Å². The molecule has 0 bridgehead atoms. The molecule has 0 atom stereocenters. The molecule has 3 aliphatic heterocycles. The van der Waals surface area contributed by atoms with Crippen molar-refractivity contribution < 1.29 is 14.3 Å². The molecule has 20 heavy (non-hydrogen) atoms. The van der Waals surface area contributed by atoms with E-state index in [4.69, 9.17) is 0 Å². The quantitative estimate of drug-likeness (QED) is 0.514. The number of esters is 1. The second-order valence-corrected chi connectivity index (χ2v) is 6.66. The summed E-state index contributed by atoms with van der Waals surface area (Å²) in [6, 6.07) is 0.718. The molecule has 3 rings (SSSR count). The van der Waals surface area contributed by atoms with Crippen molar-refractivity contribution in [2.45, 2.75) is 25.8 Å². The van der Waals surface area contributed by atoms with Crippen LogP contribution in [0.3, 0.4) is 0 Å². The number of ether oxygens (including phenoxy) is 1. The third-order valence-corrected chi connectivity index (χ3v) is 4.82. The lowest BCUT2D eigenvalue weighted by molar-refractivity contribution is -0.144. The maximum atomic E-state index is 11.5. The second kappa shape index (κ2) is 5.00. The summed E-state index contributed by atoms with van der Waals surface area (Å²) in [7, 11) is 2.18. The third kappa shape index (κ3) is 2.54. The third-order valence-electron chi connectivity index (χ3n) is 4.82.